The lowest BCUT2D eigenvalue weighted by Gasteiger charge is -2.24. The van der Waals surface area contributed by atoms with Crippen LogP contribution in [0.15, 0.2) is 77.9 Å². The molecule has 0 saturated heterocycles. The molecule has 172 valence electrons. The molecule has 2 aliphatic heterocycles. The van der Waals surface area contributed by atoms with Gasteiger partial charge in [-0.15, -0.1) is 0 Å². The zero-order valence-corrected chi connectivity index (χ0v) is 19.1. The summed E-state index contributed by atoms with van der Waals surface area (Å²) in [7, 11) is 0. The fraction of sp³-hybridized carbons (Fsp3) is 0.269. The monoisotopic (exact) mass is 466 g/mol. The first kappa shape index (κ1) is 23.2. The van der Waals surface area contributed by atoms with Crippen molar-refractivity contribution in [1.29, 1.82) is 0 Å². The normalized spacial score (nSPS) is 17.5. The summed E-state index contributed by atoms with van der Waals surface area (Å²) in [6.45, 7) is 2.96. The highest BCUT2D eigenvalue weighted by Gasteiger charge is 2.26. The zero-order valence-electron chi connectivity index (χ0n) is 18.3. The molecule has 33 heavy (non-hydrogen) atoms. The molecule has 6 nitrogen and oxygen atoms in total. The number of thioether (sulfide) groups is 1. The molecular weight excluding hydrogens is 440 g/mol. The van der Waals surface area contributed by atoms with Crippen LogP contribution < -0.4 is 9.47 Å². The Balaban J connectivity index is 1.31. The third kappa shape index (κ3) is 5.87. The minimum Gasteiger partial charge on any atom is -0.491 e. The van der Waals surface area contributed by atoms with Crippen molar-refractivity contribution in [3.8, 4) is 11.5 Å². The van der Waals surface area contributed by atoms with Crippen LogP contribution in [-0.2, 0) is 20.7 Å². The van der Waals surface area contributed by atoms with Gasteiger partial charge >= 0.3 is 5.97 Å². The minimum atomic E-state index is -0.957. The van der Waals surface area contributed by atoms with Crippen LogP contribution in [0, 0.1) is 0 Å². The molecule has 0 aromatic heterocycles. The van der Waals surface area contributed by atoms with Crippen LogP contribution in [0.25, 0.3) is 5.57 Å². The summed E-state index contributed by atoms with van der Waals surface area (Å²) in [5.41, 5.74) is 3.93. The molecule has 0 radical (unpaired) electrons. The number of carboxylic acid groups (broad SMARTS) is 1. The van der Waals surface area contributed by atoms with Crippen LogP contribution in [0.5, 0.6) is 11.5 Å². The van der Waals surface area contributed by atoms with Gasteiger partial charge in [0.2, 0.25) is 0 Å². The van der Waals surface area contributed by atoms with E-state index in [0.717, 1.165) is 28.0 Å². The predicted molar refractivity (Wildman–Crippen MR) is 128 cm³/mol. The average molecular weight is 467 g/mol. The van der Waals surface area contributed by atoms with Crippen molar-refractivity contribution in [2.75, 3.05) is 19.8 Å². The first-order valence-electron chi connectivity index (χ1n) is 10.8. The van der Waals surface area contributed by atoms with Crippen molar-refractivity contribution in [3.05, 3.63) is 89.1 Å². The second-order valence-electron chi connectivity index (χ2n) is 7.41. The summed E-state index contributed by atoms with van der Waals surface area (Å²) in [5, 5.41) is 11.3. The second kappa shape index (κ2) is 11.2. The molecular formula is C26H26O6S. The summed E-state index contributed by atoms with van der Waals surface area (Å²) in [6.07, 6.45) is 5.21. The van der Waals surface area contributed by atoms with Gasteiger partial charge in [0.1, 0.15) is 23.5 Å². The van der Waals surface area contributed by atoms with E-state index in [1.807, 2.05) is 60.0 Å². The Hall–Kier alpha value is -3.00. The minimum absolute atomic E-state index is 0.157. The molecule has 0 aliphatic carbocycles. The van der Waals surface area contributed by atoms with Crippen molar-refractivity contribution in [3.63, 3.8) is 0 Å². The Morgan fingerprint density at radius 3 is 2.73 bits per heavy atom. The quantitative estimate of drug-likeness (QED) is 0.491. The van der Waals surface area contributed by atoms with Gasteiger partial charge in [-0.25, -0.2) is 4.79 Å². The Morgan fingerprint density at radius 2 is 1.94 bits per heavy atom. The molecule has 0 spiro atoms. The highest BCUT2D eigenvalue weighted by atomic mass is 32.2. The van der Waals surface area contributed by atoms with E-state index in [0.29, 0.717) is 32.0 Å². The van der Waals surface area contributed by atoms with Gasteiger partial charge in [-0.2, -0.15) is 0 Å². The molecule has 1 N–H and O–H groups in total. The zero-order chi connectivity index (χ0) is 23.0. The van der Waals surface area contributed by atoms with Gasteiger partial charge in [0.05, 0.1) is 12.9 Å². The number of hydrogen-bond acceptors (Lipinski definition) is 6. The number of carbonyl (C=O) groups is 1. The smallest absolute Gasteiger partial charge is 0.333 e. The summed E-state index contributed by atoms with van der Waals surface area (Å²) >= 11 is 1.62. The lowest BCUT2D eigenvalue weighted by molar-refractivity contribution is -0.149. The molecule has 0 saturated carbocycles. The van der Waals surface area contributed by atoms with Gasteiger partial charge in [-0.05, 0) is 53.8 Å². The molecule has 2 heterocycles. The van der Waals surface area contributed by atoms with E-state index in [1.54, 1.807) is 24.9 Å². The maximum absolute atomic E-state index is 11.3. The summed E-state index contributed by atoms with van der Waals surface area (Å²) in [6, 6.07) is 15.3. The Kier molecular flexibility index (Phi) is 7.88. The third-order valence-electron chi connectivity index (χ3n) is 5.23. The fourth-order valence-corrected chi connectivity index (χ4v) is 4.61. The van der Waals surface area contributed by atoms with Gasteiger partial charge in [0.25, 0.3) is 0 Å². The van der Waals surface area contributed by atoms with Crippen LogP contribution in [0.4, 0.5) is 0 Å². The summed E-state index contributed by atoms with van der Waals surface area (Å²) < 4.78 is 23.0. The highest BCUT2D eigenvalue weighted by Crippen LogP contribution is 2.41. The number of benzene rings is 2. The van der Waals surface area contributed by atoms with Gasteiger partial charge in [0.15, 0.2) is 6.10 Å². The number of hydrogen-bond donors (Lipinski definition) is 1. The molecule has 2 unspecified atom stereocenters. The molecule has 2 aromatic carbocycles. The van der Waals surface area contributed by atoms with Crippen LogP contribution in [0.3, 0.4) is 0 Å². The van der Waals surface area contributed by atoms with Crippen LogP contribution in [0.2, 0.25) is 0 Å². The van der Waals surface area contributed by atoms with E-state index in [2.05, 4.69) is 6.08 Å². The Morgan fingerprint density at radius 1 is 1.12 bits per heavy atom. The van der Waals surface area contributed by atoms with Gasteiger partial charge in [-0.1, -0.05) is 42.1 Å². The number of para-hydroxylation sites is 1. The van der Waals surface area contributed by atoms with E-state index < -0.39 is 12.1 Å². The first-order valence-corrected chi connectivity index (χ1v) is 11.8. The molecule has 7 heteroatoms. The van der Waals surface area contributed by atoms with Crippen molar-refractivity contribution < 1.29 is 28.8 Å². The maximum atomic E-state index is 11.3. The largest absolute Gasteiger partial charge is 0.491 e. The van der Waals surface area contributed by atoms with E-state index in [4.69, 9.17) is 18.9 Å². The second-order valence-corrected chi connectivity index (χ2v) is 8.38. The number of rotatable bonds is 10. The Bertz CT molecular complexity index is 1060. The summed E-state index contributed by atoms with van der Waals surface area (Å²) in [4.78, 5) is 11.3. The SMILES string of the molecule is CCOC(Cc1ccc(OCCOC2SC=CC3=C2c2ccccc2OC=C3)cc1)C(=O)O. The summed E-state index contributed by atoms with van der Waals surface area (Å²) in [5.74, 6) is 0.563. The molecule has 2 aliphatic rings. The van der Waals surface area contributed by atoms with Crippen molar-refractivity contribution >= 4 is 23.3 Å². The van der Waals surface area contributed by atoms with E-state index in [-0.39, 0.29) is 5.44 Å². The first-order chi connectivity index (χ1) is 16.2. The van der Waals surface area contributed by atoms with Gasteiger partial charge in [0, 0.05) is 24.2 Å². The number of carboxylic acids is 1. The number of allylic oxidation sites excluding steroid dienone is 3. The van der Waals surface area contributed by atoms with Crippen molar-refractivity contribution in [2.45, 2.75) is 24.9 Å². The van der Waals surface area contributed by atoms with Gasteiger partial charge < -0.3 is 24.1 Å². The predicted octanol–water partition coefficient (Wildman–Crippen LogP) is 5.06. The van der Waals surface area contributed by atoms with E-state index in [1.165, 1.54) is 0 Å². The molecule has 0 bridgehead atoms. The fourth-order valence-electron chi connectivity index (χ4n) is 3.67. The Labute approximate surface area is 197 Å². The van der Waals surface area contributed by atoms with Crippen LogP contribution in [0.1, 0.15) is 18.1 Å². The lowest BCUT2D eigenvalue weighted by Crippen LogP contribution is -2.26. The van der Waals surface area contributed by atoms with Crippen LogP contribution >= 0.6 is 11.8 Å². The number of fused-ring (bicyclic) bond motifs is 2. The standard InChI is InChI=1S/C26H26O6S/c1-2-29-23(25(27)28)17-18-7-9-20(10-8-18)30-14-15-32-26-24-19(12-16-33-26)11-13-31-22-6-4-3-5-21(22)24/h3-13,16,23,26H,2,14-15,17H2,1H3,(H,27,28). The maximum Gasteiger partial charge on any atom is 0.333 e. The number of ether oxygens (including phenoxy) is 4. The topological polar surface area (TPSA) is 74.2 Å². The highest BCUT2D eigenvalue weighted by molar-refractivity contribution is 8.03. The number of aliphatic carboxylic acids is 1. The average Bonchev–Trinajstić information content (AvgIpc) is 3.02. The lowest BCUT2D eigenvalue weighted by atomic mass is 9.99. The molecule has 0 fully saturated rings. The molecule has 0 amide bonds. The third-order valence-corrected chi connectivity index (χ3v) is 6.14. The van der Waals surface area contributed by atoms with Crippen LogP contribution in [-0.4, -0.2) is 42.4 Å². The van der Waals surface area contributed by atoms with E-state index >= 15 is 0 Å². The van der Waals surface area contributed by atoms with Crippen molar-refractivity contribution in [1.82, 2.24) is 0 Å². The molecule has 2 atom stereocenters. The van der Waals surface area contributed by atoms with Gasteiger partial charge in [-0.3, -0.25) is 0 Å². The van der Waals surface area contributed by atoms with E-state index in [9.17, 15) is 9.90 Å². The van der Waals surface area contributed by atoms with Crippen molar-refractivity contribution in [2.24, 2.45) is 0 Å². The molecule has 2 aromatic rings. The molecule has 4 rings (SSSR count).